The van der Waals surface area contributed by atoms with Gasteiger partial charge in [0.2, 0.25) is 12.4 Å². The van der Waals surface area contributed by atoms with Crippen molar-refractivity contribution in [2.24, 2.45) is 0 Å². The molecule has 0 N–H and O–H groups in total. The van der Waals surface area contributed by atoms with Gasteiger partial charge in [-0.3, -0.25) is 9.82 Å². The van der Waals surface area contributed by atoms with Crippen molar-refractivity contribution in [2.75, 3.05) is 6.61 Å². The number of hydrogen-bond acceptors (Lipinski definition) is 2. The summed E-state index contributed by atoms with van der Waals surface area (Å²) in [7, 11) is 0. The van der Waals surface area contributed by atoms with Gasteiger partial charge in [0.15, 0.2) is 6.61 Å². The number of benzene rings is 4. The Bertz CT molecular complexity index is 2480. The number of nitrogens with zero attached hydrogens (tertiary/aromatic N) is 2. The maximum atomic E-state index is 14.2. The summed E-state index contributed by atoms with van der Waals surface area (Å²) in [5.74, 6) is 0. The van der Waals surface area contributed by atoms with E-state index in [1.807, 2.05) is 12.4 Å². The highest BCUT2D eigenvalue weighted by Gasteiger charge is 2.47. The first-order valence-corrected chi connectivity index (χ1v) is 26.2. The lowest BCUT2D eigenvalue weighted by Crippen LogP contribution is -2.75. The third-order valence-electron chi connectivity index (χ3n) is 13.6. The van der Waals surface area contributed by atoms with Gasteiger partial charge in [-0.15, -0.1) is 0 Å². The van der Waals surface area contributed by atoms with Crippen molar-refractivity contribution in [3.63, 3.8) is 0 Å². The quantitative estimate of drug-likeness (QED) is 0.0282. The van der Waals surface area contributed by atoms with E-state index < -0.39 is 207 Å². The standard InChI is InChI=1S/C32H12BF24.C23H40F3N2O/c34-25(35,36)13-1-14(26(37,38)39)6-21(5-13)33(22-7-15(27(40,41)42)2-16(8-22)28(43,44)45,23-9-17(29(46,47)48)3-18(10-23)30(49,50)51)24-11-19(31(52,53)54)4-20(12-24)32(55,56)57;24-23(25,26)17-15-13-11-9-7-5-3-1-2-4-6-8-10-12-14-16-22-29-28-20-18-27-19-21-28/h1-12H;18-21H,1-17,22H2/q-1;+1. The van der Waals surface area contributed by atoms with Crippen LogP contribution in [0.2, 0.25) is 0 Å². The Labute approximate surface area is 473 Å². The molecular weight excluding hydrogens is 1230 g/mol. The smallest absolute Gasteiger partial charge is 0.271 e. The Morgan fingerprint density at radius 1 is 0.279 bits per heavy atom. The molecule has 3 nitrogen and oxygen atoms in total. The molecule has 0 bridgehead atoms. The fourth-order valence-electron chi connectivity index (χ4n) is 9.54. The summed E-state index contributed by atoms with van der Waals surface area (Å²) in [6.45, 7) is 0.752. The summed E-state index contributed by atoms with van der Waals surface area (Å²) in [6, 6.07) is -8.81. The van der Waals surface area contributed by atoms with Gasteiger partial charge >= 0.3 is 55.6 Å². The first-order valence-electron chi connectivity index (χ1n) is 26.2. The van der Waals surface area contributed by atoms with Crippen molar-refractivity contribution in [1.82, 2.24) is 4.98 Å². The van der Waals surface area contributed by atoms with Gasteiger partial charge in [0, 0.05) is 11.2 Å². The molecule has 0 fully saturated rings. The summed E-state index contributed by atoms with van der Waals surface area (Å²) in [6.07, 6.45) is -34.1. The number of unbranched alkanes of at least 4 members (excludes halogenated alkanes) is 15. The molecule has 0 amide bonds. The van der Waals surface area contributed by atoms with E-state index in [2.05, 4.69) is 4.98 Å². The van der Waals surface area contributed by atoms with Crippen LogP contribution in [0.3, 0.4) is 0 Å². The van der Waals surface area contributed by atoms with Crippen LogP contribution >= 0.6 is 0 Å². The fraction of sp³-hybridized carbons (Fsp3) is 0.491. The Kier molecular flexibility index (Phi) is 24.3. The lowest BCUT2D eigenvalue weighted by molar-refractivity contribution is -0.891. The van der Waals surface area contributed by atoms with Gasteiger partial charge in [0.25, 0.3) is 0 Å². The molecule has 0 unspecified atom stereocenters. The van der Waals surface area contributed by atoms with Crippen molar-refractivity contribution < 1.29 is 128 Å². The van der Waals surface area contributed by atoms with Gasteiger partial charge in [-0.05, 0) is 43.5 Å². The molecule has 0 saturated carbocycles. The molecular formula is C55H52BF27N2O. The number of halogens is 27. The van der Waals surface area contributed by atoms with E-state index in [-0.39, 0.29) is 0 Å². The Hall–Kier alpha value is -6.07. The molecule has 0 radical (unpaired) electrons. The van der Waals surface area contributed by atoms with Crippen molar-refractivity contribution in [3.8, 4) is 0 Å². The van der Waals surface area contributed by atoms with E-state index in [4.69, 9.17) is 4.84 Å². The molecule has 31 heteroatoms. The van der Waals surface area contributed by atoms with Gasteiger partial charge in [-0.1, -0.05) is 132 Å². The number of hydrogen-bond donors (Lipinski definition) is 0. The zero-order chi connectivity index (χ0) is 65.0. The van der Waals surface area contributed by atoms with Crippen molar-refractivity contribution in [2.45, 2.75) is 165 Å². The van der Waals surface area contributed by atoms with Gasteiger partial charge in [-0.25, -0.2) is 0 Å². The second-order valence-electron chi connectivity index (χ2n) is 20.2. The molecule has 4 aromatic carbocycles. The summed E-state index contributed by atoms with van der Waals surface area (Å²) in [5, 5.41) is 0. The molecule has 0 spiro atoms. The molecule has 0 aliphatic carbocycles. The Morgan fingerprint density at radius 2 is 0.477 bits per heavy atom. The second-order valence-corrected chi connectivity index (χ2v) is 20.2. The molecule has 0 aliphatic rings. The lowest BCUT2D eigenvalue weighted by Gasteiger charge is -2.46. The molecule has 86 heavy (non-hydrogen) atoms. The average molecular weight is 1280 g/mol. The zero-order valence-corrected chi connectivity index (χ0v) is 44.6. The summed E-state index contributed by atoms with van der Waals surface area (Å²) < 4.78 is 379. The van der Waals surface area contributed by atoms with E-state index >= 15 is 0 Å². The summed E-state index contributed by atoms with van der Waals surface area (Å²) >= 11 is 0. The lowest BCUT2D eigenvalue weighted by atomic mass is 9.12. The van der Waals surface area contributed by atoms with Gasteiger partial charge < -0.3 is 0 Å². The van der Waals surface area contributed by atoms with Crippen LogP contribution in [-0.2, 0) is 49.4 Å². The predicted molar refractivity (Wildman–Crippen MR) is 260 cm³/mol. The van der Waals surface area contributed by atoms with Crippen molar-refractivity contribution in [1.29, 1.82) is 0 Å². The minimum atomic E-state index is -6.13. The summed E-state index contributed by atoms with van der Waals surface area (Å²) in [4.78, 5) is 9.53. The molecule has 0 saturated heterocycles. The topological polar surface area (TPSA) is 26.0 Å². The van der Waals surface area contributed by atoms with Crippen LogP contribution in [0.25, 0.3) is 0 Å². The van der Waals surface area contributed by atoms with Crippen LogP contribution in [-0.4, -0.2) is 23.9 Å². The number of rotatable bonds is 23. The van der Waals surface area contributed by atoms with Crippen LogP contribution in [0.15, 0.2) is 97.6 Å². The van der Waals surface area contributed by atoms with Crippen LogP contribution in [0.5, 0.6) is 0 Å². The van der Waals surface area contributed by atoms with Gasteiger partial charge in [0.1, 0.15) is 6.15 Å². The Balaban J connectivity index is 0.000000459. The highest BCUT2D eigenvalue weighted by molar-refractivity contribution is 7.20. The number of alkyl halides is 27. The molecule has 5 aromatic rings. The normalized spacial score (nSPS) is 13.4. The highest BCUT2D eigenvalue weighted by Crippen LogP contribution is 2.42. The van der Waals surface area contributed by atoms with E-state index in [1.54, 1.807) is 17.1 Å². The molecule has 1 heterocycles. The fourth-order valence-corrected chi connectivity index (χ4v) is 9.54. The van der Waals surface area contributed by atoms with E-state index in [0.717, 1.165) is 32.3 Å². The maximum absolute atomic E-state index is 14.2. The molecule has 0 aliphatic heterocycles. The first kappa shape index (κ1) is 72.4. The predicted octanol–water partition coefficient (Wildman–Crippen LogP) is 18.2. The van der Waals surface area contributed by atoms with Crippen LogP contribution in [0.4, 0.5) is 119 Å². The third kappa shape index (κ3) is 22.0. The van der Waals surface area contributed by atoms with Gasteiger partial charge in [-0.2, -0.15) is 140 Å². The first-order chi connectivity index (χ1) is 39.3. The monoisotopic (exact) mass is 1280 g/mol. The van der Waals surface area contributed by atoms with Crippen LogP contribution in [0, 0.1) is 0 Å². The average Bonchev–Trinajstić information content (AvgIpc) is 0.808. The zero-order valence-electron chi connectivity index (χ0n) is 44.6. The highest BCUT2D eigenvalue weighted by atomic mass is 19.4. The maximum Gasteiger partial charge on any atom is 0.416 e. The largest absolute Gasteiger partial charge is 0.416 e. The van der Waals surface area contributed by atoms with Crippen LogP contribution < -0.4 is 31.4 Å². The van der Waals surface area contributed by atoms with Crippen molar-refractivity contribution in [3.05, 3.63) is 142 Å². The second kappa shape index (κ2) is 28.8. The summed E-state index contributed by atoms with van der Waals surface area (Å²) in [5.41, 5.74) is -30.2. The van der Waals surface area contributed by atoms with E-state index in [1.165, 1.54) is 70.6 Å². The van der Waals surface area contributed by atoms with Gasteiger partial charge in [0.05, 0.1) is 56.9 Å². The molecule has 0 atom stereocenters. The van der Waals surface area contributed by atoms with Crippen LogP contribution in [0.1, 0.15) is 154 Å². The van der Waals surface area contributed by atoms with E-state index in [0.29, 0.717) is 6.42 Å². The van der Waals surface area contributed by atoms with Crippen molar-refractivity contribution >= 4 is 28.0 Å². The molecule has 1 aromatic heterocycles. The van der Waals surface area contributed by atoms with E-state index in [9.17, 15) is 119 Å². The minimum absolute atomic E-state index is 0.294. The minimum Gasteiger partial charge on any atom is -0.271 e. The number of aromatic nitrogens is 2. The Morgan fingerprint density at radius 3 is 0.674 bits per heavy atom. The third-order valence-corrected chi connectivity index (χ3v) is 13.6. The molecule has 5 rings (SSSR count). The molecule has 480 valence electrons. The SMILES string of the molecule is FC(F)(F)CCCCCCCCCCCCCCCCCCO[n+]1ccncc1.FC(F)(F)c1cc([B-](c2cc(C(F)(F)F)cc(C(F)(F)F)c2)(c2cc(C(F)(F)F)cc(C(F)(F)F)c2)c2cc(C(F)(F)F)cc(C(F)(F)F)c2)cc(C(F)(F)F)c1.